The lowest BCUT2D eigenvalue weighted by Gasteiger charge is -2.34. The lowest BCUT2D eigenvalue weighted by molar-refractivity contribution is 0.0943. The van der Waals surface area contributed by atoms with Crippen molar-refractivity contribution in [3.8, 4) is 5.75 Å². The van der Waals surface area contributed by atoms with E-state index in [-0.39, 0.29) is 30.7 Å². The molecule has 2 aromatic heterocycles. The van der Waals surface area contributed by atoms with Crippen LogP contribution in [0.5, 0.6) is 5.75 Å². The molecule has 0 radical (unpaired) electrons. The number of hydrogen-bond donors (Lipinski definition) is 1. The van der Waals surface area contributed by atoms with Crippen molar-refractivity contribution in [1.29, 1.82) is 0 Å². The standard InChI is InChI=1S/C32H36ClFN4O2.ClH/c1-3-5-18-40-27-11-9-26(10-12-27)37-16-14-22(15-17-37)23-6-7-24(28(34)19-23)20-35-32(39)31-29(4-2)36-30-13-8-25(33)21-38(30)31;/h6-13,19,21-22H,3-5,14-18,20H2,1-2H3,(H,35,39);1H. The van der Waals surface area contributed by atoms with E-state index < -0.39 is 0 Å². The van der Waals surface area contributed by atoms with E-state index in [1.165, 1.54) is 5.69 Å². The maximum absolute atomic E-state index is 15.1. The number of ether oxygens (including phenoxy) is 1. The highest BCUT2D eigenvalue weighted by Crippen LogP contribution is 2.32. The minimum atomic E-state index is -0.303. The highest BCUT2D eigenvalue weighted by atomic mass is 35.5. The molecule has 9 heteroatoms. The average molecular weight is 600 g/mol. The van der Waals surface area contributed by atoms with Crippen LogP contribution < -0.4 is 15.0 Å². The summed E-state index contributed by atoms with van der Waals surface area (Å²) in [4.78, 5) is 20.0. The van der Waals surface area contributed by atoms with Gasteiger partial charge in [-0.25, -0.2) is 9.37 Å². The van der Waals surface area contributed by atoms with Gasteiger partial charge >= 0.3 is 0 Å². The van der Waals surface area contributed by atoms with Gasteiger partial charge in [-0.3, -0.25) is 9.20 Å². The second kappa shape index (κ2) is 14.1. The van der Waals surface area contributed by atoms with Crippen molar-refractivity contribution in [2.24, 2.45) is 0 Å². The van der Waals surface area contributed by atoms with Gasteiger partial charge < -0.3 is 15.0 Å². The predicted molar refractivity (Wildman–Crippen MR) is 165 cm³/mol. The summed E-state index contributed by atoms with van der Waals surface area (Å²) in [5.41, 5.74) is 4.43. The van der Waals surface area contributed by atoms with E-state index in [0.29, 0.717) is 40.0 Å². The Bertz CT molecular complexity index is 1470. The van der Waals surface area contributed by atoms with Crippen LogP contribution >= 0.6 is 24.0 Å². The van der Waals surface area contributed by atoms with Gasteiger partial charge in [0.05, 0.1) is 17.3 Å². The average Bonchev–Trinajstić information content (AvgIpc) is 3.35. The van der Waals surface area contributed by atoms with Gasteiger partial charge in [0.15, 0.2) is 0 Å². The quantitative estimate of drug-likeness (QED) is 0.191. The number of halogens is 3. The molecule has 1 fully saturated rings. The van der Waals surface area contributed by atoms with Gasteiger partial charge in [-0.05, 0) is 79.6 Å². The first-order valence-electron chi connectivity index (χ1n) is 14.2. The molecule has 6 nitrogen and oxygen atoms in total. The van der Waals surface area contributed by atoms with E-state index in [1.54, 1.807) is 34.9 Å². The summed E-state index contributed by atoms with van der Waals surface area (Å²) in [6.45, 7) is 6.79. The van der Waals surface area contributed by atoms with Crippen LogP contribution in [0.2, 0.25) is 5.02 Å². The number of fused-ring (bicyclic) bond motifs is 1. The number of pyridine rings is 1. The highest BCUT2D eigenvalue weighted by molar-refractivity contribution is 6.30. The zero-order valence-corrected chi connectivity index (χ0v) is 25.1. The summed E-state index contributed by atoms with van der Waals surface area (Å²) in [6, 6.07) is 17.3. The number of amides is 1. The number of carbonyl (C=O) groups excluding carboxylic acids is 1. The third-order valence-electron chi connectivity index (χ3n) is 7.66. The second-order valence-electron chi connectivity index (χ2n) is 10.3. The number of aryl methyl sites for hydroxylation is 1. The lowest BCUT2D eigenvalue weighted by Crippen LogP contribution is -2.32. The molecule has 2 aromatic carbocycles. The van der Waals surface area contributed by atoms with Gasteiger partial charge in [0.25, 0.3) is 5.91 Å². The molecule has 3 heterocycles. The Labute approximate surface area is 252 Å². The SMILES string of the molecule is CCCCOc1ccc(N2CCC(c3ccc(CNC(=O)c4c(CC)nc5ccc(Cl)cn45)c(F)c3)CC2)cc1.Cl. The fourth-order valence-electron chi connectivity index (χ4n) is 5.33. The van der Waals surface area contributed by atoms with E-state index >= 15 is 4.39 Å². The molecular weight excluding hydrogens is 562 g/mol. The Kier molecular flexibility index (Phi) is 10.5. The molecule has 0 atom stereocenters. The first-order valence-corrected chi connectivity index (χ1v) is 14.6. The molecule has 1 aliphatic rings. The predicted octanol–water partition coefficient (Wildman–Crippen LogP) is 7.60. The van der Waals surface area contributed by atoms with Crippen molar-refractivity contribution in [2.75, 3.05) is 24.6 Å². The largest absolute Gasteiger partial charge is 0.494 e. The lowest BCUT2D eigenvalue weighted by atomic mass is 9.88. The summed E-state index contributed by atoms with van der Waals surface area (Å²) in [7, 11) is 0. The zero-order valence-electron chi connectivity index (χ0n) is 23.5. The zero-order chi connectivity index (χ0) is 28.1. The number of nitrogens with zero attached hydrogens (tertiary/aromatic N) is 3. The number of aromatic nitrogens is 2. The van der Waals surface area contributed by atoms with Gasteiger partial charge in [-0.15, -0.1) is 12.4 Å². The first kappa shape index (κ1) is 30.7. The normalized spacial score (nSPS) is 13.7. The summed E-state index contributed by atoms with van der Waals surface area (Å²) in [5.74, 6) is 0.618. The molecule has 0 saturated carbocycles. The Balaban J connectivity index is 0.00000387. The van der Waals surface area contributed by atoms with Gasteiger partial charge in [-0.2, -0.15) is 0 Å². The van der Waals surface area contributed by atoms with Gasteiger partial charge in [-0.1, -0.05) is 44.0 Å². The molecule has 0 aliphatic carbocycles. The maximum Gasteiger partial charge on any atom is 0.270 e. The van der Waals surface area contributed by atoms with Crippen LogP contribution in [0.3, 0.4) is 0 Å². The van der Waals surface area contributed by atoms with Crippen molar-refractivity contribution in [3.63, 3.8) is 0 Å². The van der Waals surface area contributed by atoms with Crippen LogP contribution in [0.1, 0.15) is 72.8 Å². The van der Waals surface area contributed by atoms with Crippen molar-refractivity contribution in [2.45, 2.75) is 58.4 Å². The molecule has 0 bridgehead atoms. The Morgan fingerprint density at radius 3 is 2.54 bits per heavy atom. The van der Waals surface area contributed by atoms with Crippen LogP contribution in [-0.2, 0) is 13.0 Å². The molecule has 1 N–H and O–H groups in total. The maximum atomic E-state index is 15.1. The highest BCUT2D eigenvalue weighted by Gasteiger charge is 2.23. The van der Waals surface area contributed by atoms with Crippen molar-refractivity contribution in [3.05, 3.63) is 94.1 Å². The number of rotatable bonds is 10. The van der Waals surface area contributed by atoms with Gasteiger partial charge in [0, 0.05) is 37.1 Å². The minimum absolute atomic E-state index is 0. The van der Waals surface area contributed by atoms with Crippen LogP contribution in [-0.4, -0.2) is 35.0 Å². The molecule has 4 aromatic rings. The molecule has 0 unspecified atom stereocenters. The number of anilines is 1. The van der Waals surface area contributed by atoms with Gasteiger partial charge in [0.2, 0.25) is 0 Å². The number of nitrogens with one attached hydrogen (secondary N) is 1. The molecule has 0 spiro atoms. The van der Waals surface area contributed by atoms with E-state index in [0.717, 1.165) is 56.7 Å². The minimum Gasteiger partial charge on any atom is -0.494 e. The molecule has 1 amide bonds. The Hall–Kier alpha value is -3.29. The molecule has 218 valence electrons. The topological polar surface area (TPSA) is 58.9 Å². The van der Waals surface area contributed by atoms with Gasteiger partial charge in [0.1, 0.15) is 22.9 Å². The smallest absolute Gasteiger partial charge is 0.270 e. The number of hydrogen-bond acceptors (Lipinski definition) is 4. The van der Waals surface area contributed by atoms with Crippen LogP contribution in [0, 0.1) is 5.82 Å². The third-order valence-corrected chi connectivity index (χ3v) is 7.88. The molecule has 1 aliphatic heterocycles. The van der Waals surface area contributed by atoms with E-state index in [9.17, 15) is 4.79 Å². The summed E-state index contributed by atoms with van der Waals surface area (Å²) < 4.78 is 22.6. The van der Waals surface area contributed by atoms with Crippen molar-refractivity contribution < 1.29 is 13.9 Å². The fraction of sp³-hybridized carbons (Fsp3) is 0.375. The van der Waals surface area contributed by atoms with Crippen molar-refractivity contribution >= 4 is 41.2 Å². The number of unbranched alkanes of at least 4 members (excludes halogenated alkanes) is 1. The Morgan fingerprint density at radius 2 is 1.85 bits per heavy atom. The summed E-state index contributed by atoms with van der Waals surface area (Å²) >= 11 is 6.15. The van der Waals surface area contributed by atoms with E-state index in [1.807, 2.05) is 25.1 Å². The van der Waals surface area contributed by atoms with Crippen LogP contribution in [0.15, 0.2) is 60.8 Å². The molecular formula is C32H37Cl2FN4O2. The number of benzene rings is 2. The number of imidazole rings is 1. The molecule has 5 rings (SSSR count). The first-order chi connectivity index (χ1) is 19.5. The van der Waals surface area contributed by atoms with Crippen LogP contribution in [0.25, 0.3) is 5.65 Å². The molecule has 1 saturated heterocycles. The summed E-state index contributed by atoms with van der Waals surface area (Å²) in [6.07, 6.45) is 6.38. The van der Waals surface area contributed by atoms with E-state index in [2.05, 4.69) is 34.3 Å². The number of carbonyl (C=O) groups is 1. The van der Waals surface area contributed by atoms with E-state index in [4.69, 9.17) is 16.3 Å². The second-order valence-corrected chi connectivity index (χ2v) is 10.8. The Morgan fingerprint density at radius 1 is 1.10 bits per heavy atom. The third kappa shape index (κ3) is 7.14. The van der Waals surface area contributed by atoms with Crippen molar-refractivity contribution in [1.82, 2.24) is 14.7 Å². The number of piperidine rings is 1. The fourth-order valence-corrected chi connectivity index (χ4v) is 5.49. The monoisotopic (exact) mass is 598 g/mol. The summed E-state index contributed by atoms with van der Waals surface area (Å²) in [5, 5.41) is 3.38. The van der Waals surface area contributed by atoms with Crippen LogP contribution in [0.4, 0.5) is 10.1 Å². The molecule has 41 heavy (non-hydrogen) atoms.